The summed E-state index contributed by atoms with van der Waals surface area (Å²) in [5, 5.41) is 0. The molecular weight excluding hydrogens is 236 g/mol. The lowest BCUT2D eigenvalue weighted by molar-refractivity contribution is -0.146. The lowest BCUT2D eigenvalue weighted by Gasteiger charge is -2.34. The summed E-state index contributed by atoms with van der Waals surface area (Å²) in [6, 6.07) is 0. The van der Waals surface area contributed by atoms with Gasteiger partial charge >= 0.3 is 5.97 Å². The van der Waals surface area contributed by atoms with E-state index in [0.717, 1.165) is 0 Å². The number of unbranched alkanes of at least 4 members (excludes halogenated alkanes) is 2. The van der Waals surface area contributed by atoms with Crippen molar-refractivity contribution in [1.29, 1.82) is 0 Å². The lowest BCUT2D eigenvalue weighted by Crippen LogP contribution is -2.30. The Hall–Kier alpha value is -1.05. The van der Waals surface area contributed by atoms with Crippen LogP contribution in [0.1, 0.15) is 59.3 Å². The molecule has 19 heavy (non-hydrogen) atoms. The number of rotatable bonds is 7. The van der Waals surface area contributed by atoms with E-state index >= 15 is 0 Å². The molecule has 1 aliphatic carbocycles. The number of allylic oxidation sites excluding steroid dienone is 2. The number of esters is 1. The first-order chi connectivity index (χ1) is 9.02. The smallest absolute Gasteiger partial charge is 0.319 e. The van der Waals surface area contributed by atoms with Gasteiger partial charge in [0.05, 0.1) is 7.11 Å². The molecule has 0 bridgehead atoms. The summed E-state index contributed by atoms with van der Waals surface area (Å²) in [7, 11) is 1.45. The van der Waals surface area contributed by atoms with E-state index < -0.39 is 5.41 Å². The Bertz CT molecular complexity index is 328. The Morgan fingerprint density at radius 2 is 1.47 bits per heavy atom. The normalized spacial score (nSPS) is 19.4. The second-order valence-corrected chi connectivity index (χ2v) is 5.88. The van der Waals surface area contributed by atoms with Crippen molar-refractivity contribution in [2.24, 2.45) is 10.8 Å². The standard InChI is InChI=1S/C17H28O2/c1-5-7-9-17(10-8-6-2)13-11-16(3,12-14-17)15(18)19-4/h11-14H,5-10H2,1-4H3. The minimum absolute atomic E-state index is 0.152. The van der Waals surface area contributed by atoms with E-state index in [-0.39, 0.29) is 11.4 Å². The molecule has 108 valence electrons. The number of carbonyl (C=O) groups excluding carboxylic acids is 1. The lowest BCUT2D eigenvalue weighted by atomic mass is 9.71. The van der Waals surface area contributed by atoms with Gasteiger partial charge in [0, 0.05) is 5.41 Å². The molecule has 2 heteroatoms. The summed E-state index contributed by atoms with van der Waals surface area (Å²) in [5.74, 6) is -0.181. The molecule has 0 saturated carbocycles. The molecule has 0 N–H and O–H groups in total. The molecule has 0 amide bonds. The van der Waals surface area contributed by atoms with Gasteiger partial charge in [-0.3, -0.25) is 4.79 Å². The maximum atomic E-state index is 11.8. The van der Waals surface area contributed by atoms with Gasteiger partial charge in [0.2, 0.25) is 0 Å². The largest absolute Gasteiger partial charge is 0.468 e. The molecule has 0 aromatic heterocycles. The quantitative estimate of drug-likeness (QED) is 0.494. The third kappa shape index (κ3) is 3.95. The number of ether oxygens (including phenoxy) is 1. The third-order valence-corrected chi connectivity index (χ3v) is 4.14. The molecule has 0 heterocycles. The van der Waals surface area contributed by atoms with E-state index in [2.05, 4.69) is 26.0 Å². The molecule has 0 aliphatic heterocycles. The Morgan fingerprint density at radius 1 is 1.00 bits per heavy atom. The van der Waals surface area contributed by atoms with Crippen LogP contribution in [0.5, 0.6) is 0 Å². The topological polar surface area (TPSA) is 26.3 Å². The van der Waals surface area contributed by atoms with E-state index in [1.807, 2.05) is 19.1 Å². The zero-order valence-electron chi connectivity index (χ0n) is 12.9. The maximum absolute atomic E-state index is 11.8. The fourth-order valence-electron chi connectivity index (χ4n) is 2.62. The van der Waals surface area contributed by atoms with Gasteiger partial charge < -0.3 is 4.74 Å². The zero-order valence-corrected chi connectivity index (χ0v) is 12.9. The molecule has 0 aromatic carbocycles. The van der Waals surface area contributed by atoms with Crippen LogP contribution in [0.2, 0.25) is 0 Å². The van der Waals surface area contributed by atoms with Crippen LogP contribution in [0.3, 0.4) is 0 Å². The highest BCUT2D eigenvalue weighted by molar-refractivity contribution is 5.81. The van der Waals surface area contributed by atoms with Crippen molar-refractivity contribution >= 4 is 5.97 Å². The minimum atomic E-state index is -0.587. The molecular formula is C17H28O2. The summed E-state index contributed by atoms with van der Waals surface area (Å²) in [5.41, 5.74) is -0.434. The first-order valence-electron chi connectivity index (χ1n) is 7.51. The first-order valence-corrected chi connectivity index (χ1v) is 7.51. The van der Waals surface area contributed by atoms with E-state index in [9.17, 15) is 4.79 Å². The van der Waals surface area contributed by atoms with E-state index in [1.165, 1.54) is 45.6 Å². The maximum Gasteiger partial charge on any atom is 0.319 e. The van der Waals surface area contributed by atoms with Crippen molar-refractivity contribution in [3.05, 3.63) is 24.3 Å². The molecule has 0 unspecified atom stereocenters. The van der Waals surface area contributed by atoms with Crippen LogP contribution in [0.4, 0.5) is 0 Å². The second-order valence-electron chi connectivity index (χ2n) is 5.88. The van der Waals surface area contributed by atoms with Gasteiger partial charge in [-0.1, -0.05) is 63.8 Å². The summed E-state index contributed by atoms with van der Waals surface area (Å²) in [4.78, 5) is 11.8. The molecule has 2 nitrogen and oxygen atoms in total. The van der Waals surface area contributed by atoms with Crippen molar-refractivity contribution in [1.82, 2.24) is 0 Å². The minimum Gasteiger partial charge on any atom is -0.468 e. The van der Waals surface area contributed by atoms with Crippen molar-refractivity contribution in [3.8, 4) is 0 Å². The Balaban J connectivity index is 2.84. The highest BCUT2D eigenvalue weighted by atomic mass is 16.5. The van der Waals surface area contributed by atoms with Crippen LogP contribution in [-0.4, -0.2) is 13.1 Å². The average molecular weight is 264 g/mol. The molecule has 0 saturated heterocycles. The van der Waals surface area contributed by atoms with Gasteiger partial charge in [-0.15, -0.1) is 0 Å². The zero-order chi connectivity index (χ0) is 14.4. The van der Waals surface area contributed by atoms with E-state index in [1.54, 1.807) is 0 Å². The SMILES string of the molecule is CCCCC1(CCCC)C=CC(C)(C(=O)OC)C=C1. The van der Waals surface area contributed by atoms with Crippen molar-refractivity contribution in [2.75, 3.05) is 7.11 Å². The van der Waals surface area contributed by atoms with Gasteiger partial charge in [-0.25, -0.2) is 0 Å². The number of methoxy groups -OCH3 is 1. The molecule has 0 atom stereocenters. The molecule has 1 aliphatic rings. The van der Waals surface area contributed by atoms with Crippen LogP contribution in [0.25, 0.3) is 0 Å². The van der Waals surface area contributed by atoms with Gasteiger partial charge in [0.15, 0.2) is 0 Å². The fraction of sp³-hybridized carbons (Fsp3) is 0.706. The number of hydrogen-bond donors (Lipinski definition) is 0. The Labute approximate surface area is 117 Å². The van der Waals surface area contributed by atoms with Gasteiger partial charge in [0.1, 0.15) is 5.41 Å². The molecule has 0 aromatic rings. The van der Waals surface area contributed by atoms with Crippen LogP contribution in [0, 0.1) is 10.8 Å². The second kappa shape index (κ2) is 6.93. The highest BCUT2D eigenvalue weighted by Crippen LogP contribution is 2.41. The van der Waals surface area contributed by atoms with Crippen LogP contribution in [0.15, 0.2) is 24.3 Å². The number of hydrogen-bond acceptors (Lipinski definition) is 2. The summed E-state index contributed by atoms with van der Waals surface area (Å²) in [6.45, 7) is 6.36. The van der Waals surface area contributed by atoms with Crippen molar-refractivity contribution in [2.45, 2.75) is 59.3 Å². The molecule has 1 rings (SSSR count). The van der Waals surface area contributed by atoms with Gasteiger partial charge in [0.25, 0.3) is 0 Å². The van der Waals surface area contributed by atoms with Crippen LogP contribution < -0.4 is 0 Å². The summed E-state index contributed by atoms with van der Waals surface area (Å²) in [6.07, 6.45) is 15.8. The Morgan fingerprint density at radius 3 is 1.84 bits per heavy atom. The fourth-order valence-corrected chi connectivity index (χ4v) is 2.62. The third-order valence-electron chi connectivity index (χ3n) is 4.14. The average Bonchev–Trinajstić information content (AvgIpc) is 2.45. The van der Waals surface area contributed by atoms with Gasteiger partial charge in [-0.05, 0) is 19.8 Å². The molecule has 0 radical (unpaired) electrons. The van der Waals surface area contributed by atoms with E-state index in [4.69, 9.17) is 4.74 Å². The summed E-state index contributed by atoms with van der Waals surface area (Å²) < 4.78 is 4.88. The van der Waals surface area contributed by atoms with Crippen molar-refractivity contribution in [3.63, 3.8) is 0 Å². The highest BCUT2D eigenvalue weighted by Gasteiger charge is 2.35. The van der Waals surface area contributed by atoms with E-state index in [0.29, 0.717) is 0 Å². The molecule has 0 spiro atoms. The van der Waals surface area contributed by atoms with Crippen LogP contribution >= 0.6 is 0 Å². The monoisotopic (exact) mass is 264 g/mol. The summed E-state index contributed by atoms with van der Waals surface area (Å²) >= 11 is 0. The van der Waals surface area contributed by atoms with Crippen LogP contribution in [-0.2, 0) is 9.53 Å². The predicted octanol–water partition coefficient (Wildman–Crippen LogP) is 4.66. The van der Waals surface area contributed by atoms with Gasteiger partial charge in [-0.2, -0.15) is 0 Å². The van der Waals surface area contributed by atoms with Crippen molar-refractivity contribution < 1.29 is 9.53 Å². The predicted molar refractivity (Wildman–Crippen MR) is 79.9 cm³/mol. The Kier molecular flexibility index (Phi) is 5.84. The molecule has 0 fully saturated rings. The number of carbonyl (C=O) groups is 1. The first kappa shape index (κ1) is 16.0.